The SMILES string of the molecule is Cc1ccc(-c2csc3c(OC4C5CNCC4COC5)ncnc23)c(F)c1.Cc1ccc(-c2csc3c(OC4C5COCC4CN(C(=O)OC(C)(C)C)C5)ncnc23)c(F)c1.Cc1ccc(-c2csc3c(OC4C5COCC4CN(c4ncc(Cl)cn4)C5)ncnc23)c(F)c1.Cl.O=S=O.O=S=O.O=S=O. The molecule has 6 aliphatic heterocycles. The monoisotopic (exact) mass is 1600 g/mol. The van der Waals surface area contributed by atoms with Gasteiger partial charge in [-0.2, -0.15) is 25.3 Å². The van der Waals surface area contributed by atoms with Crippen molar-refractivity contribution in [3.8, 4) is 51.0 Å². The Labute approximate surface area is 634 Å². The number of fused-ring (bicyclic) bond motifs is 9. The molecule has 25 nitrogen and oxygen atoms in total. The van der Waals surface area contributed by atoms with E-state index < -0.39 is 40.3 Å². The number of thiophene rings is 3. The van der Waals surface area contributed by atoms with Gasteiger partial charge in [-0.15, -0.1) is 46.4 Å². The lowest BCUT2D eigenvalue weighted by atomic mass is 9.84. The minimum absolute atomic E-state index is 0. The lowest BCUT2D eigenvalue weighted by molar-refractivity contribution is -0.112. The molecule has 1 N–H and O–H groups in total. The highest BCUT2D eigenvalue weighted by Crippen LogP contribution is 2.44. The molecule has 556 valence electrons. The summed E-state index contributed by atoms with van der Waals surface area (Å²) < 4.78 is 138. The molecule has 6 aliphatic rings. The van der Waals surface area contributed by atoms with Crippen LogP contribution in [0.1, 0.15) is 37.5 Å². The van der Waals surface area contributed by atoms with Gasteiger partial charge in [0.1, 0.15) is 74.4 Å². The van der Waals surface area contributed by atoms with Gasteiger partial charge in [-0.05, 0) is 76.4 Å². The van der Waals surface area contributed by atoms with Crippen molar-refractivity contribution in [1.29, 1.82) is 0 Å². The number of likely N-dealkylation sites (tertiary alicyclic amines) is 1. The molecule has 3 aromatic carbocycles. The zero-order chi connectivity index (χ0) is 73.8. The maximum atomic E-state index is 14.7. The summed E-state index contributed by atoms with van der Waals surface area (Å²) in [6.45, 7) is 19.0. The van der Waals surface area contributed by atoms with Crippen molar-refractivity contribution in [3.05, 3.63) is 141 Å². The molecule has 13 heterocycles. The highest BCUT2D eigenvalue weighted by atomic mass is 35.5. The third kappa shape index (κ3) is 19.1. The summed E-state index contributed by atoms with van der Waals surface area (Å²) in [7, 11) is 0. The van der Waals surface area contributed by atoms with E-state index in [0.29, 0.717) is 134 Å². The van der Waals surface area contributed by atoms with Crippen molar-refractivity contribution >= 4 is 135 Å². The van der Waals surface area contributed by atoms with Gasteiger partial charge in [0.25, 0.3) is 0 Å². The first-order valence-electron chi connectivity index (χ1n) is 32.6. The number of carbonyl (C=O) groups is 1. The van der Waals surface area contributed by atoms with E-state index in [9.17, 15) is 18.0 Å². The summed E-state index contributed by atoms with van der Waals surface area (Å²) in [6.07, 6.45) is 7.25. The molecular weight excluding hydrogens is 1530 g/mol. The number of aryl methyl sites for hydroxylation is 3. The molecule has 0 radical (unpaired) electrons. The average molecular weight is 1600 g/mol. The maximum absolute atomic E-state index is 14.7. The number of nitrogens with one attached hydrogen (secondary N) is 1. The summed E-state index contributed by atoms with van der Waals surface area (Å²) in [4.78, 5) is 51.9. The van der Waals surface area contributed by atoms with Crippen LogP contribution in [0.3, 0.4) is 0 Å². The van der Waals surface area contributed by atoms with Crippen LogP contribution in [0.2, 0.25) is 5.02 Å². The predicted molar refractivity (Wildman–Crippen MR) is 393 cm³/mol. The minimum atomic E-state index is -0.750. The number of halogens is 5. The van der Waals surface area contributed by atoms with E-state index in [4.69, 9.17) is 70.0 Å². The van der Waals surface area contributed by atoms with Crippen LogP contribution < -0.4 is 24.4 Å². The van der Waals surface area contributed by atoms with Gasteiger partial charge in [0, 0.05) is 124 Å². The molecule has 16 rings (SSSR count). The summed E-state index contributed by atoms with van der Waals surface area (Å²) in [5.41, 5.74) is 8.08. The van der Waals surface area contributed by atoms with Crippen molar-refractivity contribution in [2.75, 3.05) is 83.8 Å². The van der Waals surface area contributed by atoms with Crippen molar-refractivity contribution in [2.45, 2.75) is 65.5 Å². The van der Waals surface area contributed by atoms with E-state index in [1.165, 1.54) is 65.1 Å². The van der Waals surface area contributed by atoms with Crippen molar-refractivity contribution in [3.63, 3.8) is 0 Å². The number of carbonyl (C=O) groups excluding carboxylic acids is 1. The number of ether oxygens (including phenoxy) is 7. The number of aromatic nitrogens is 8. The second-order valence-corrected chi connectivity index (χ2v) is 29.7. The first-order valence-corrected chi connectivity index (χ1v) is 37.6. The molecule has 10 aromatic rings. The zero-order valence-corrected chi connectivity index (χ0v) is 63.5. The molecular formula is C69H70Cl2F3N11O14S6. The molecule has 6 bridgehead atoms. The quantitative estimate of drug-likeness (QED) is 0.133. The molecule has 105 heavy (non-hydrogen) atoms. The van der Waals surface area contributed by atoms with Crippen molar-refractivity contribution in [1.82, 2.24) is 50.1 Å². The molecule has 0 spiro atoms. The Morgan fingerprint density at radius 2 is 0.829 bits per heavy atom. The average Bonchev–Trinajstić information content (AvgIpc) is 1.71. The molecule has 6 fully saturated rings. The van der Waals surface area contributed by atoms with Crippen LogP contribution in [0.4, 0.5) is 23.9 Å². The highest BCUT2D eigenvalue weighted by molar-refractivity contribution is 7.52. The highest BCUT2D eigenvalue weighted by Gasteiger charge is 2.46. The van der Waals surface area contributed by atoms with Crippen LogP contribution in [0.25, 0.3) is 64.0 Å². The molecule has 1 amide bonds. The zero-order valence-electron chi connectivity index (χ0n) is 57.1. The fraction of sp³-hybridized carbons (Fsp3) is 0.406. The summed E-state index contributed by atoms with van der Waals surface area (Å²) in [6, 6.07) is 15.7. The van der Waals surface area contributed by atoms with Crippen LogP contribution in [0.15, 0.2) is 102 Å². The number of hydrogen-bond acceptors (Lipinski definition) is 27. The van der Waals surface area contributed by atoms with E-state index >= 15 is 0 Å². The van der Waals surface area contributed by atoms with Gasteiger partial charge in [-0.1, -0.05) is 48.0 Å². The van der Waals surface area contributed by atoms with Crippen molar-refractivity contribution < 1.29 is 76.4 Å². The van der Waals surface area contributed by atoms with Gasteiger partial charge in [-0.25, -0.2) is 57.8 Å². The Morgan fingerprint density at radius 1 is 0.505 bits per heavy atom. The van der Waals surface area contributed by atoms with E-state index in [0.717, 1.165) is 66.1 Å². The van der Waals surface area contributed by atoms with Crippen LogP contribution in [-0.4, -0.2) is 179 Å². The van der Waals surface area contributed by atoms with E-state index in [1.54, 1.807) is 35.5 Å². The Bertz CT molecular complexity index is 4720. The summed E-state index contributed by atoms with van der Waals surface area (Å²) in [5.74, 6) is 2.39. The fourth-order valence-corrected chi connectivity index (χ4v) is 16.4. The van der Waals surface area contributed by atoms with Crippen LogP contribution in [0.5, 0.6) is 17.6 Å². The Kier molecular flexibility index (Phi) is 27.7. The van der Waals surface area contributed by atoms with E-state index in [1.807, 2.05) is 81.9 Å². The standard InChI is InChI=1S/C25H28FN3O4S.C24H21ClFN5O2S.C20H20FN3O2S.ClH.3O2S/c1-14-5-6-17(19(26)7-14)18-12-34-22-20(18)27-13-28-23(22)32-21-15-8-29(9-16(21)11-31-10-15)24(30)33-25(2,3)4;1-13-2-3-17(19(26)4-13)18-11-34-22-20(18)29-12-30-23(22)33-21-14-7-31(8-15(21)10-32-9-14)24-27-5-16(25)6-28-24;1-11-2-3-14(16(21)4-11)15-9-27-19-17(15)23-10-24-20(19)26-18-12-5-22-6-13(18)8-25-7-12;;3*1-3-2/h5-7,12-13,15-16,21H,8-11H2,1-4H3;2-6,11-12,14-15,21H,7-10H2,1H3;2-4,9-10,12-13,18,22H,5-8H2,1H3;1H;;;. The molecule has 6 saturated heterocycles. The molecule has 7 aromatic heterocycles. The summed E-state index contributed by atoms with van der Waals surface area (Å²) >= 11 is 8.12. The number of rotatable bonds is 10. The topological polar surface area (TPSA) is 306 Å². The number of anilines is 1. The van der Waals surface area contributed by atoms with Crippen LogP contribution in [0, 0.1) is 73.7 Å². The van der Waals surface area contributed by atoms with Crippen LogP contribution in [-0.2, 0) is 53.7 Å². The smallest absolute Gasteiger partial charge is 0.410 e. The molecule has 0 aliphatic carbocycles. The number of piperidine rings is 3. The fourth-order valence-electron chi connectivity index (χ4n) is 13.4. The summed E-state index contributed by atoms with van der Waals surface area (Å²) in [5, 5.41) is 9.71. The normalized spacial score (nSPS) is 21.3. The predicted octanol–water partition coefficient (Wildman–Crippen LogP) is 11.7. The lowest BCUT2D eigenvalue weighted by Gasteiger charge is -2.46. The Hall–Kier alpha value is -8.00. The number of benzene rings is 3. The molecule has 0 saturated carbocycles. The molecule has 6 unspecified atom stereocenters. The number of nitrogens with zero attached hydrogens (tertiary/aromatic N) is 10. The van der Waals surface area contributed by atoms with Gasteiger partial charge >= 0.3 is 40.8 Å². The van der Waals surface area contributed by atoms with Gasteiger partial charge in [0.15, 0.2) is 0 Å². The first-order chi connectivity index (χ1) is 50.2. The minimum Gasteiger partial charge on any atom is -0.472 e. The molecule has 6 atom stereocenters. The Morgan fingerprint density at radius 3 is 1.16 bits per heavy atom. The van der Waals surface area contributed by atoms with E-state index in [-0.39, 0.29) is 77.9 Å². The second kappa shape index (κ2) is 36.5. The number of hydrogen-bond donors (Lipinski definition) is 1. The van der Waals surface area contributed by atoms with Gasteiger partial charge in [-0.3, -0.25) is 0 Å². The third-order valence-electron chi connectivity index (χ3n) is 17.9. The lowest BCUT2D eigenvalue weighted by Crippen LogP contribution is -2.59. The maximum Gasteiger partial charge on any atom is 0.410 e. The van der Waals surface area contributed by atoms with E-state index in [2.05, 4.69) is 50.1 Å². The third-order valence-corrected chi connectivity index (χ3v) is 21.0. The van der Waals surface area contributed by atoms with Crippen molar-refractivity contribution in [2.24, 2.45) is 35.5 Å². The Balaban J connectivity index is 0.000000160. The molecule has 36 heteroatoms. The second-order valence-electron chi connectivity index (χ2n) is 26.2. The number of amides is 1. The van der Waals surface area contributed by atoms with Gasteiger partial charge < -0.3 is 48.3 Å². The van der Waals surface area contributed by atoms with Gasteiger partial charge in [0.05, 0.1) is 73.6 Å². The van der Waals surface area contributed by atoms with Crippen LogP contribution >= 0.6 is 58.0 Å². The largest absolute Gasteiger partial charge is 0.472 e. The first kappa shape index (κ1) is 79.6. The van der Waals surface area contributed by atoms with Gasteiger partial charge in [0.2, 0.25) is 23.6 Å².